The Morgan fingerprint density at radius 3 is 2.64 bits per heavy atom. The molecule has 1 fully saturated rings. The Morgan fingerprint density at radius 2 is 2.29 bits per heavy atom. The molecule has 1 aliphatic rings. The molecule has 0 aliphatic carbocycles. The summed E-state index contributed by atoms with van der Waals surface area (Å²) in [6.45, 7) is 1.43. The Labute approximate surface area is 88.3 Å². The van der Waals surface area contributed by atoms with Gasteiger partial charge in [-0.05, 0) is 25.4 Å². The van der Waals surface area contributed by atoms with Gasteiger partial charge in [-0.1, -0.05) is 0 Å². The number of ether oxygens (including phenoxy) is 1. The fourth-order valence-electron chi connectivity index (χ4n) is 1.51. The van der Waals surface area contributed by atoms with E-state index in [1.165, 1.54) is 4.90 Å². The van der Waals surface area contributed by atoms with Crippen LogP contribution in [-0.2, 0) is 10.3 Å². The van der Waals surface area contributed by atoms with Crippen LogP contribution in [0.5, 0.6) is 0 Å². The number of hydrogen-bond acceptors (Lipinski definition) is 4. The highest BCUT2D eigenvalue weighted by atomic mass is 32.2. The third-order valence-electron chi connectivity index (χ3n) is 2.64. The lowest BCUT2D eigenvalue weighted by Gasteiger charge is -2.40. The molecule has 1 N–H and O–H groups in total. The minimum Gasteiger partial charge on any atom is -0.377 e. The van der Waals surface area contributed by atoms with Crippen LogP contribution < -0.4 is 5.32 Å². The summed E-state index contributed by atoms with van der Waals surface area (Å²) in [6, 6.07) is 4.18. The molecule has 4 heteroatoms. The number of aromatic nitrogens is 1. The predicted molar refractivity (Wildman–Crippen MR) is 57.6 cm³/mol. The molecule has 1 aliphatic heterocycles. The lowest BCUT2D eigenvalue weighted by atomic mass is 9.93. The normalized spacial score (nSPS) is 19.0. The molecule has 14 heavy (non-hydrogen) atoms. The first kappa shape index (κ1) is 9.96. The Balaban J connectivity index is 2.23. The maximum atomic E-state index is 5.23. The number of likely N-dealkylation sites (N-methyl/N-ethyl adjacent to an activating group) is 1. The summed E-state index contributed by atoms with van der Waals surface area (Å²) in [5, 5.41) is 3.27. The van der Waals surface area contributed by atoms with Crippen LogP contribution in [0.15, 0.2) is 23.2 Å². The van der Waals surface area contributed by atoms with Crippen molar-refractivity contribution in [3.05, 3.63) is 24.0 Å². The molecule has 0 radical (unpaired) electrons. The van der Waals surface area contributed by atoms with E-state index < -0.39 is 0 Å². The molecule has 1 saturated heterocycles. The van der Waals surface area contributed by atoms with Gasteiger partial charge in [0.1, 0.15) is 5.54 Å². The van der Waals surface area contributed by atoms with Crippen LogP contribution in [-0.4, -0.2) is 31.5 Å². The van der Waals surface area contributed by atoms with E-state index in [-0.39, 0.29) is 5.54 Å². The highest BCUT2D eigenvalue weighted by Crippen LogP contribution is 2.28. The van der Waals surface area contributed by atoms with E-state index in [0.29, 0.717) is 0 Å². The number of nitrogens with one attached hydrogen (secondary N) is 1. The first-order valence-electron chi connectivity index (χ1n) is 4.58. The van der Waals surface area contributed by atoms with Gasteiger partial charge < -0.3 is 10.1 Å². The average Bonchev–Trinajstić information content (AvgIpc) is 2.18. The summed E-state index contributed by atoms with van der Waals surface area (Å²) in [5.74, 6) is 0. The highest BCUT2D eigenvalue weighted by Gasteiger charge is 2.39. The second kappa shape index (κ2) is 3.88. The third-order valence-corrected chi connectivity index (χ3v) is 3.35. The van der Waals surface area contributed by atoms with Gasteiger partial charge in [-0.3, -0.25) is 4.98 Å². The van der Waals surface area contributed by atoms with Crippen molar-refractivity contribution in [2.75, 3.05) is 26.5 Å². The fraction of sp³-hybridized carbons (Fsp3) is 0.500. The predicted octanol–water partition coefficient (Wildman–Crippen LogP) is 1.25. The van der Waals surface area contributed by atoms with Crippen molar-refractivity contribution in [1.82, 2.24) is 10.3 Å². The van der Waals surface area contributed by atoms with Crippen LogP contribution in [0, 0.1) is 0 Å². The van der Waals surface area contributed by atoms with E-state index >= 15 is 0 Å². The zero-order valence-electron chi connectivity index (χ0n) is 8.41. The van der Waals surface area contributed by atoms with Gasteiger partial charge >= 0.3 is 0 Å². The monoisotopic (exact) mass is 210 g/mol. The number of thioether (sulfide) groups is 1. The molecule has 2 heterocycles. The van der Waals surface area contributed by atoms with E-state index in [9.17, 15) is 0 Å². The molecular formula is C10H14N2OS. The van der Waals surface area contributed by atoms with Gasteiger partial charge in [0, 0.05) is 11.1 Å². The molecule has 2 rings (SSSR count). The molecule has 1 aromatic heterocycles. The summed E-state index contributed by atoms with van der Waals surface area (Å²) < 4.78 is 5.23. The van der Waals surface area contributed by atoms with Crippen molar-refractivity contribution >= 4 is 11.8 Å². The molecule has 0 amide bonds. The summed E-state index contributed by atoms with van der Waals surface area (Å²) in [6.07, 6.45) is 3.97. The number of hydrogen-bond donors (Lipinski definition) is 1. The first-order chi connectivity index (χ1) is 6.80. The van der Waals surface area contributed by atoms with Crippen molar-refractivity contribution in [3.8, 4) is 0 Å². The van der Waals surface area contributed by atoms with Gasteiger partial charge in [-0.25, -0.2) is 0 Å². The maximum absolute atomic E-state index is 5.23. The van der Waals surface area contributed by atoms with Crippen LogP contribution >= 0.6 is 11.8 Å². The van der Waals surface area contributed by atoms with Gasteiger partial charge in [0.05, 0.1) is 18.9 Å². The molecule has 0 bridgehead atoms. The SMILES string of the molecule is CNC1(c2ccc(SC)cn2)COC1. The van der Waals surface area contributed by atoms with Gasteiger partial charge in [0.2, 0.25) is 0 Å². The zero-order valence-corrected chi connectivity index (χ0v) is 9.23. The average molecular weight is 210 g/mol. The molecule has 1 aromatic rings. The molecule has 3 nitrogen and oxygen atoms in total. The highest BCUT2D eigenvalue weighted by molar-refractivity contribution is 7.98. The molecule has 76 valence electrons. The Bertz CT molecular complexity index is 303. The lowest BCUT2D eigenvalue weighted by Crippen LogP contribution is -2.56. The van der Waals surface area contributed by atoms with Crippen LogP contribution in [0.4, 0.5) is 0 Å². The number of pyridine rings is 1. The van der Waals surface area contributed by atoms with E-state index in [1.54, 1.807) is 11.8 Å². The van der Waals surface area contributed by atoms with Gasteiger partial charge in [-0.15, -0.1) is 11.8 Å². The van der Waals surface area contributed by atoms with E-state index in [0.717, 1.165) is 18.9 Å². The van der Waals surface area contributed by atoms with Crippen molar-refractivity contribution in [3.63, 3.8) is 0 Å². The smallest absolute Gasteiger partial charge is 0.108 e. The number of nitrogens with zero attached hydrogens (tertiary/aromatic N) is 1. The third kappa shape index (κ3) is 1.54. The maximum Gasteiger partial charge on any atom is 0.108 e. The topological polar surface area (TPSA) is 34.2 Å². The first-order valence-corrected chi connectivity index (χ1v) is 5.80. The largest absolute Gasteiger partial charge is 0.377 e. The van der Waals surface area contributed by atoms with Crippen LogP contribution in [0.2, 0.25) is 0 Å². The quantitative estimate of drug-likeness (QED) is 0.761. The van der Waals surface area contributed by atoms with E-state index in [1.807, 2.05) is 13.2 Å². The molecular weight excluding hydrogens is 196 g/mol. The lowest BCUT2D eigenvalue weighted by molar-refractivity contribution is -0.0769. The second-order valence-corrected chi connectivity index (χ2v) is 4.29. The summed E-state index contributed by atoms with van der Waals surface area (Å²) >= 11 is 1.71. The summed E-state index contributed by atoms with van der Waals surface area (Å²) in [5.41, 5.74) is 1.03. The Kier molecular flexibility index (Phi) is 2.76. The Morgan fingerprint density at radius 1 is 1.50 bits per heavy atom. The molecule has 0 unspecified atom stereocenters. The van der Waals surface area contributed by atoms with Crippen LogP contribution in [0.3, 0.4) is 0 Å². The summed E-state index contributed by atoms with van der Waals surface area (Å²) in [7, 11) is 1.95. The van der Waals surface area contributed by atoms with Crippen molar-refractivity contribution in [2.24, 2.45) is 0 Å². The van der Waals surface area contributed by atoms with Crippen molar-refractivity contribution in [1.29, 1.82) is 0 Å². The molecule has 0 saturated carbocycles. The standard InChI is InChI=1S/C10H14N2OS/c1-11-10(6-13-7-10)9-4-3-8(14-2)5-12-9/h3-5,11H,6-7H2,1-2H3. The molecule has 0 aromatic carbocycles. The van der Waals surface area contributed by atoms with Gasteiger partial charge in [0.15, 0.2) is 0 Å². The molecule has 0 atom stereocenters. The Hall–Kier alpha value is -0.580. The van der Waals surface area contributed by atoms with Crippen LogP contribution in [0.25, 0.3) is 0 Å². The molecule has 0 spiro atoms. The van der Waals surface area contributed by atoms with E-state index in [2.05, 4.69) is 28.7 Å². The summed E-state index contributed by atoms with van der Waals surface area (Å²) in [4.78, 5) is 5.65. The van der Waals surface area contributed by atoms with Crippen molar-refractivity contribution < 1.29 is 4.74 Å². The zero-order chi connectivity index (χ0) is 10.0. The fourth-order valence-corrected chi connectivity index (χ4v) is 1.87. The minimum absolute atomic E-state index is 0.0447. The number of rotatable bonds is 3. The van der Waals surface area contributed by atoms with Gasteiger partial charge in [-0.2, -0.15) is 0 Å². The van der Waals surface area contributed by atoms with Gasteiger partial charge in [0.25, 0.3) is 0 Å². The van der Waals surface area contributed by atoms with E-state index in [4.69, 9.17) is 4.74 Å². The van der Waals surface area contributed by atoms with Crippen LogP contribution in [0.1, 0.15) is 5.69 Å². The van der Waals surface area contributed by atoms with Crippen molar-refractivity contribution in [2.45, 2.75) is 10.4 Å². The second-order valence-electron chi connectivity index (χ2n) is 3.41. The minimum atomic E-state index is -0.0447.